The predicted octanol–water partition coefficient (Wildman–Crippen LogP) is -0.925. The lowest BCUT2D eigenvalue weighted by atomic mass is 10.8. The van der Waals surface area contributed by atoms with Gasteiger partial charge in [0.15, 0.2) is 0 Å². The number of carbonyl (C=O) groups excluding carboxylic acids is 4. The number of alkyl carbamates (subject to hydrolysis) is 2. The van der Waals surface area contributed by atoms with E-state index in [1.165, 1.54) is 0 Å². The Labute approximate surface area is 96.0 Å². The van der Waals surface area contributed by atoms with Gasteiger partial charge in [-0.25, -0.2) is 29.8 Å². The van der Waals surface area contributed by atoms with Crippen LogP contribution in [0.25, 0.3) is 0 Å². The molecule has 0 aromatic heterocycles. The minimum Gasteiger partial charge on any atom is -0.453 e. The van der Waals surface area contributed by atoms with E-state index >= 15 is 0 Å². The quantitative estimate of drug-likeness (QED) is 0.466. The first-order chi connectivity index (χ1) is 7.99. The highest BCUT2D eigenvalue weighted by Gasteiger charge is 2.08. The first-order valence-electron chi connectivity index (χ1n) is 4.25. The third-order valence-electron chi connectivity index (χ3n) is 1.30. The summed E-state index contributed by atoms with van der Waals surface area (Å²) in [5, 5.41) is 7.75. The Hall–Kier alpha value is -2.52. The van der Waals surface area contributed by atoms with Crippen molar-refractivity contribution in [2.75, 3.05) is 20.9 Å². The molecule has 0 fully saturated rings. The number of carbonyl (C=O) groups is 4. The van der Waals surface area contributed by atoms with Gasteiger partial charge in [-0.1, -0.05) is 0 Å². The Morgan fingerprint density at radius 3 is 1.47 bits per heavy atom. The lowest BCUT2D eigenvalue weighted by Gasteiger charge is -2.07. The fourth-order valence-corrected chi connectivity index (χ4v) is 0.581. The van der Waals surface area contributed by atoms with Crippen LogP contribution in [0.5, 0.6) is 0 Å². The normalized spacial score (nSPS) is 8.59. The van der Waals surface area contributed by atoms with Crippen molar-refractivity contribution in [2.45, 2.75) is 0 Å². The second-order valence-electron chi connectivity index (χ2n) is 2.42. The van der Waals surface area contributed by atoms with E-state index in [-0.39, 0.29) is 6.67 Å². The summed E-state index contributed by atoms with van der Waals surface area (Å²) < 4.78 is 8.29. The molecule has 0 radical (unpaired) electrons. The summed E-state index contributed by atoms with van der Waals surface area (Å²) in [5.41, 5.74) is 0. The van der Waals surface area contributed by atoms with E-state index in [2.05, 4.69) is 20.1 Å². The first kappa shape index (κ1) is 14.5. The average Bonchev–Trinajstić information content (AvgIpc) is 2.28. The molecule has 0 bridgehead atoms. The largest absolute Gasteiger partial charge is 0.453 e. The number of imide groups is 2. The standard InChI is InChI=1S/C7H12N4O6/c1-16-6(14)10-4(12)8-3-9-5(13)11-7(15)17-2/h3H2,1-2H3,(H2,8,10,12,14)(H2,9,11,13,15). The second kappa shape index (κ2) is 7.73. The fourth-order valence-electron chi connectivity index (χ4n) is 0.581. The minimum atomic E-state index is -0.943. The van der Waals surface area contributed by atoms with Crippen LogP contribution >= 0.6 is 0 Å². The molecule has 0 heterocycles. The van der Waals surface area contributed by atoms with Crippen molar-refractivity contribution in [3.05, 3.63) is 0 Å². The van der Waals surface area contributed by atoms with Crippen LogP contribution < -0.4 is 21.3 Å². The van der Waals surface area contributed by atoms with E-state index in [0.29, 0.717) is 0 Å². The van der Waals surface area contributed by atoms with Gasteiger partial charge in [-0.3, -0.25) is 0 Å². The van der Waals surface area contributed by atoms with E-state index < -0.39 is 24.2 Å². The topological polar surface area (TPSA) is 135 Å². The molecule has 0 aromatic carbocycles. The number of methoxy groups -OCH3 is 2. The van der Waals surface area contributed by atoms with Gasteiger partial charge < -0.3 is 20.1 Å². The van der Waals surface area contributed by atoms with Crippen molar-refractivity contribution in [3.63, 3.8) is 0 Å². The van der Waals surface area contributed by atoms with Crippen molar-refractivity contribution >= 4 is 24.2 Å². The molecule has 10 nitrogen and oxygen atoms in total. The van der Waals surface area contributed by atoms with Gasteiger partial charge in [0.25, 0.3) is 0 Å². The van der Waals surface area contributed by atoms with E-state index in [9.17, 15) is 19.2 Å². The molecular weight excluding hydrogens is 236 g/mol. The third kappa shape index (κ3) is 7.41. The molecule has 0 saturated heterocycles. The smallest absolute Gasteiger partial charge is 0.415 e. The monoisotopic (exact) mass is 248 g/mol. The molecule has 96 valence electrons. The van der Waals surface area contributed by atoms with Crippen LogP contribution in [0.15, 0.2) is 0 Å². The highest BCUT2D eigenvalue weighted by Crippen LogP contribution is 1.73. The molecule has 6 amide bonds. The molecule has 4 N–H and O–H groups in total. The lowest BCUT2D eigenvalue weighted by molar-refractivity contribution is 0.170. The van der Waals surface area contributed by atoms with Crippen molar-refractivity contribution in [1.82, 2.24) is 21.3 Å². The van der Waals surface area contributed by atoms with Crippen LogP contribution in [0.4, 0.5) is 19.2 Å². The van der Waals surface area contributed by atoms with Gasteiger partial charge in [0, 0.05) is 0 Å². The molecule has 0 aromatic rings. The van der Waals surface area contributed by atoms with Crippen LogP contribution in [0.3, 0.4) is 0 Å². The van der Waals surface area contributed by atoms with Crippen molar-refractivity contribution in [2.24, 2.45) is 0 Å². The van der Waals surface area contributed by atoms with Crippen LogP contribution in [-0.2, 0) is 9.47 Å². The van der Waals surface area contributed by atoms with Crippen LogP contribution in [-0.4, -0.2) is 45.1 Å². The van der Waals surface area contributed by atoms with Gasteiger partial charge >= 0.3 is 24.2 Å². The van der Waals surface area contributed by atoms with Crippen LogP contribution in [0.2, 0.25) is 0 Å². The lowest BCUT2D eigenvalue weighted by Crippen LogP contribution is -2.48. The molecule has 0 aliphatic rings. The zero-order valence-corrected chi connectivity index (χ0v) is 9.16. The van der Waals surface area contributed by atoms with E-state index in [4.69, 9.17) is 0 Å². The van der Waals surface area contributed by atoms with Gasteiger partial charge in [-0.15, -0.1) is 0 Å². The highest BCUT2D eigenvalue weighted by molar-refractivity contribution is 5.92. The van der Waals surface area contributed by atoms with Gasteiger partial charge in [-0.05, 0) is 0 Å². The summed E-state index contributed by atoms with van der Waals surface area (Å²) in [7, 11) is 2.18. The Balaban J connectivity index is 3.69. The summed E-state index contributed by atoms with van der Waals surface area (Å²) in [6.45, 7) is -0.300. The second-order valence-corrected chi connectivity index (χ2v) is 2.42. The molecule has 0 rings (SSSR count). The molecule has 10 heteroatoms. The van der Waals surface area contributed by atoms with Crippen LogP contribution in [0, 0.1) is 0 Å². The van der Waals surface area contributed by atoms with Crippen LogP contribution in [0.1, 0.15) is 0 Å². The maximum Gasteiger partial charge on any atom is 0.415 e. The highest BCUT2D eigenvalue weighted by atomic mass is 16.5. The zero-order chi connectivity index (χ0) is 13.3. The average molecular weight is 248 g/mol. The van der Waals surface area contributed by atoms with Gasteiger partial charge in [0.05, 0.1) is 20.9 Å². The maximum absolute atomic E-state index is 10.9. The van der Waals surface area contributed by atoms with Gasteiger partial charge in [-0.2, -0.15) is 0 Å². The number of nitrogens with one attached hydrogen (secondary N) is 4. The summed E-state index contributed by atoms with van der Waals surface area (Å²) in [6.07, 6.45) is -1.89. The molecule has 0 aliphatic carbocycles. The molecule has 0 atom stereocenters. The number of rotatable bonds is 2. The summed E-state index contributed by atoms with van der Waals surface area (Å²) in [5.74, 6) is 0. The molecule has 0 unspecified atom stereocenters. The molecule has 0 spiro atoms. The number of urea groups is 2. The number of ether oxygens (including phenoxy) is 2. The van der Waals surface area contributed by atoms with E-state index in [0.717, 1.165) is 14.2 Å². The third-order valence-corrected chi connectivity index (χ3v) is 1.30. The molecular formula is C7H12N4O6. The van der Waals surface area contributed by atoms with Crippen molar-refractivity contribution < 1.29 is 28.7 Å². The molecule has 0 saturated carbocycles. The Morgan fingerprint density at radius 2 is 1.18 bits per heavy atom. The van der Waals surface area contributed by atoms with Gasteiger partial charge in [0.2, 0.25) is 0 Å². The molecule has 0 aliphatic heterocycles. The molecule has 17 heavy (non-hydrogen) atoms. The number of hydrogen-bond donors (Lipinski definition) is 4. The SMILES string of the molecule is COC(=O)NC(=O)NCNC(=O)NC(=O)OC. The summed E-state index contributed by atoms with van der Waals surface area (Å²) >= 11 is 0. The zero-order valence-electron chi connectivity index (χ0n) is 9.16. The van der Waals surface area contributed by atoms with E-state index in [1.54, 1.807) is 10.6 Å². The van der Waals surface area contributed by atoms with Gasteiger partial charge in [0.1, 0.15) is 0 Å². The fraction of sp³-hybridized carbons (Fsp3) is 0.429. The summed E-state index contributed by atoms with van der Waals surface area (Å²) in [4.78, 5) is 42.9. The Bertz CT molecular complexity index is 287. The number of amides is 6. The predicted molar refractivity (Wildman–Crippen MR) is 53.0 cm³/mol. The Kier molecular flexibility index (Phi) is 6.58. The van der Waals surface area contributed by atoms with Crippen molar-refractivity contribution in [1.29, 1.82) is 0 Å². The summed E-state index contributed by atoms with van der Waals surface area (Å²) in [6, 6.07) is -1.73. The van der Waals surface area contributed by atoms with Crippen molar-refractivity contribution in [3.8, 4) is 0 Å². The van der Waals surface area contributed by atoms with E-state index in [1.807, 2.05) is 0 Å². The maximum atomic E-state index is 10.9. The number of hydrogen-bond acceptors (Lipinski definition) is 6. The Morgan fingerprint density at radius 1 is 0.824 bits per heavy atom. The first-order valence-corrected chi connectivity index (χ1v) is 4.25. The minimum absolute atomic E-state index is 0.300.